The highest BCUT2D eigenvalue weighted by Crippen LogP contribution is 2.21. The van der Waals surface area contributed by atoms with Crippen molar-refractivity contribution in [3.05, 3.63) is 30.7 Å². The van der Waals surface area contributed by atoms with E-state index in [4.69, 9.17) is 13.9 Å². The van der Waals surface area contributed by atoms with Crippen LogP contribution in [0.4, 0.5) is 0 Å². The molecule has 1 aromatic heterocycles. The third-order valence-corrected chi connectivity index (χ3v) is 2.51. The highest BCUT2D eigenvalue weighted by Gasteiger charge is 2.08. The first-order chi connectivity index (χ1) is 9.65. The predicted molar refractivity (Wildman–Crippen MR) is 72.3 cm³/mol. The van der Waals surface area contributed by atoms with E-state index >= 15 is 0 Å². The van der Waals surface area contributed by atoms with Crippen LogP contribution in [0.2, 0.25) is 0 Å². The van der Waals surface area contributed by atoms with E-state index in [0.29, 0.717) is 11.6 Å². The molecule has 0 saturated heterocycles. The molecule has 0 spiro atoms. The largest absolute Gasteiger partial charge is 0.491 e. The molecule has 6 nitrogen and oxygen atoms in total. The Bertz CT molecular complexity index is 514. The first-order valence-corrected chi connectivity index (χ1v) is 6.44. The first-order valence-electron chi connectivity index (χ1n) is 6.44. The quantitative estimate of drug-likeness (QED) is 0.833. The lowest BCUT2D eigenvalue weighted by Crippen LogP contribution is -2.25. The van der Waals surface area contributed by atoms with Gasteiger partial charge in [0.2, 0.25) is 12.3 Å². The van der Waals surface area contributed by atoms with E-state index in [0.717, 1.165) is 5.56 Å². The van der Waals surface area contributed by atoms with Crippen LogP contribution >= 0.6 is 0 Å². The van der Waals surface area contributed by atoms with Crippen LogP contribution in [0.25, 0.3) is 11.5 Å². The molecule has 6 heteroatoms. The van der Waals surface area contributed by atoms with Crippen molar-refractivity contribution in [1.82, 2.24) is 10.2 Å². The Morgan fingerprint density at radius 2 is 2.15 bits per heavy atom. The molecular formula is C14H18N2O4. The molecule has 0 aliphatic rings. The third kappa shape index (κ3) is 4.32. The van der Waals surface area contributed by atoms with Gasteiger partial charge in [0, 0.05) is 5.56 Å². The van der Waals surface area contributed by atoms with Gasteiger partial charge in [-0.05, 0) is 32.0 Å². The second kappa shape index (κ2) is 7.02. The number of aliphatic hydroxyl groups is 1. The molecule has 2 rings (SSSR count). The molecule has 20 heavy (non-hydrogen) atoms. The van der Waals surface area contributed by atoms with E-state index in [1.807, 2.05) is 26.0 Å². The van der Waals surface area contributed by atoms with E-state index in [1.54, 1.807) is 12.1 Å². The molecule has 0 aliphatic heterocycles. The van der Waals surface area contributed by atoms with Gasteiger partial charge >= 0.3 is 0 Å². The maximum Gasteiger partial charge on any atom is 0.247 e. The summed E-state index contributed by atoms with van der Waals surface area (Å²) in [6, 6.07) is 7.25. The number of ether oxygens (including phenoxy) is 2. The number of rotatable bonds is 7. The lowest BCUT2D eigenvalue weighted by Gasteiger charge is -2.14. The molecule has 0 fully saturated rings. The first kappa shape index (κ1) is 14.5. The van der Waals surface area contributed by atoms with Gasteiger partial charge in [-0.2, -0.15) is 0 Å². The molecule has 0 saturated carbocycles. The minimum Gasteiger partial charge on any atom is -0.491 e. The van der Waals surface area contributed by atoms with Gasteiger partial charge in [0.1, 0.15) is 18.5 Å². The highest BCUT2D eigenvalue weighted by atomic mass is 16.5. The fraction of sp³-hybridized carbons (Fsp3) is 0.429. The average molecular weight is 278 g/mol. The number of aliphatic hydroxyl groups excluding tert-OH is 1. The van der Waals surface area contributed by atoms with Crippen molar-refractivity contribution in [2.24, 2.45) is 0 Å². The van der Waals surface area contributed by atoms with Crippen molar-refractivity contribution < 1.29 is 19.0 Å². The molecular weight excluding hydrogens is 260 g/mol. The normalized spacial score (nSPS) is 12.6. The zero-order chi connectivity index (χ0) is 14.4. The van der Waals surface area contributed by atoms with Crippen molar-refractivity contribution >= 4 is 0 Å². The maximum atomic E-state index is 9.72. The summed E-state index contributed by atoms with van der Waals surface area (Å²) in [4.78, 5) is 0. The van der Waals surface area contributed by atoms with Gasteiger partial charge in [-0.25, -0.2) is 0 Å². The summed E-state index contributed by atoms with van der Waals surface area (Å²) in [5.41, 5.74) is 0.771. The number of aromatic nitrogens is 2. The third-order valence-electron chi connectivity index (χ3n) is 2.51. The molecule has 1 heterocycles. The number of hydrogen-bond donors (Lipinski definition) is 1. The van der Waals surface area contributed by atoms with E-state index in [2.05, 4.69) is 10.2 Å². The maximum absolute atomic E-state index is 9.72. The summed E-state index contributed by atoms with van der Waals surface area (Å²) in [6.07, 6.45) is 0.700. The Morgan fingerprint density at radius 3 is 2.85 bits per heavy atom. The standard InChI is InChI=1S/C14H18N2O4/c1-10(2)18-7-12(17)8-19-13-5-3-4-11(6-13)14-16-15-9-20-14/h3-6,9-10,12,17H,7-8H2,1-2H3. The van der Waals surface area contributed by atoms with E-state index in [-0.39, 0.29) is 19.3 Å². The van der Waals surface area contributed by atoms with Crippen LogP contribution in [0, 0.1) is 0 Å². The second-order valence-electron chi connectivity index (χ2n) is 4.62. The fourth-order valence-electron chi connectivity index (χ4n) is 1.56. The van der Waals surface area contributed by atoms with Crippen LogP contribution in [-0.4, -0.2) is 40.7 Å². The van der Waals surface area contributed by atoms with Gasteiger partial charge in [0.15, 0.2) is 0 Å². The lowest BCUT2D eigenvalue weighted by molar-refractivity contribution is -0.0122. The summed E-state index contributed by atoms with van der Waals surface area (Å²) in [6.45, 7) is 4.25. The molecule has 0 bridgehead atoms. The van der Waals surface area contributed by atoms with Crippen LogP contribution < -0.4 is 4.74 Å². The zero-order valence-corrected chi connectivity index (χ0v) is 11.5. The smallest absolute Gasteiger partial charge is 0.247 e. The minimum atomic E-state index is -0.663. The molecule has 1 N–H and O–H groups in total. The zero-order valence-electron chi connectivity index (χ0n) is 11.5. The van der Waals surface area contributed by atoms with Crippen molar-refractivity contribution in [2.75, 3.05) is 13.2 Å². The molecule has 1 atom stereocenters. The SMILES string of the molecule is CC(C)OCC(O)COc1cccc(-c2nnco2)c1. The summed E-state index contributed by atoms with van der Waals surface area (Å²) in [5, 5.41) is 17.2. The highest BCUT2D eigenvalue weighted by molar-refractivity contribution is 5.55. The minimum absolute atomic E-state index is 0.0884. The second-order valence-corrected chi connectivity index (χ2v) is 4.62. The molecule has 1 aromatic carbocycles. The van der Waals surface area contributed by atoms with Gasteiger partial charge in [0.05, 0.1) is 12.7 Å². The molecule has 0 radical (unpaired) electrons. The summed E-state index contributed by atoms with van der Waals surface area (Å²) in [5.74, 6) is 1.06. The molecule has 108 valence electrons. The van der Waals surface area contributed by atoms with E-state index in [9.17, 15) is 5.11 Å². The van der Waals surface area contributed by atoms with Gasteiger partial charge in [-0.3, -0.25) is 0 Å². The van der Waals surface area contributed by atoms with Gasteiger partial charge in [0.25, 0.3) is 0 Å². The van der Waals surface area contributed by atoms with Crippen molar-refractivity contribution in [3.8, 4) is 17.2 Å². The van der Waals surface area contributed by atoms with Crippen LogP contribution in [0.1, 0.15) is 13.8 Å². The predicted octanol–water partition coefficient (Wildman–Crippen LogP) is 1.90. The van der Waals surface area contributed by atoms with Crippen molar-refractivity contribution in [1.29, 1.82) is 0 Å². The summed E-state index contributed by atoms with van der Waals surface area (Å²) >= 11 is 0. The summed E-state index contributed by atoms with van der Waals surface area (Å²) < 4.78 is 15.9. The molecule has 2 aromatic rings. The Kier molecular flexibility index (Phi) is 5.09. The molecule has 0 aliphatic carbocycles. The molecule has 0 amide bonds. The number of nitrogens with zero attached hydrogens (tertiary/aromatic N) is 2. The van der Waals surface area contributed by atoms with Crippen LogP contribution in [0.3, 0.4) is 0 Å². The van der Waals surface area contributed by atoms with E-state index in [1.165, 1.54) is 6.39 Å². The fourth-order valence-corrected chi connectivity index (χ4v) is 1.56. The van der Waals surface area contributed by atoms with Crippen LogP contribution in [-0.2, 0) is 4.74 Å². The Balaban J connectivity index is 1.89. The van der Waals surface area contributed by atoms with Crippen molar-refractivity contribution in [2.45, 2.75) is 26.1 Å². The van der Waals surface area contributed by atoms with Gasteiger partial charge in [-0.1, -0.05) is 6.07 Å². The Morgan fingerprint density at radius 1 is 1.30 bits per heavy atom. The average Bonchev–Trinajstić information content (AvgIpc) is 2.97. The van der Waals surface area contributed by atoms with Crippen molar-refractivity contribution in [3.63, 3.8) is 0 Å². The lowest BCUT2D eigenvalue weighted by atomic mass is 10.2. The monoisotopic (exact) mass is 278 g/mol. The van der Waals surface area contributed by atoms with E-state index < -0.39 is 6.10 Å². The van der Waals surface area contributed by atoms with Gasteiger partial charge < -0.3 is 19.0 Å². The number of hydrogen-bond acceptors (Lipinski definition) is 6. The van der Waals surface area contributed by atoms with Crippen LogP contribution in [0.5, 0.6) is 5.75 Å². The molecule has 1 unspecified atom stereocenters. The summed E-state index contributed by atoms with van der Waals surface area (Å²) in [7, 11) is 0. The Hall–Kier alpha value is -1.92. The topological polar surface area (TPSA) is 77.6 Å². The number of benzene rings is 1. The van der Waals surface area contributed by atoms with Gasteiger partial charge in [-0.15, -0.1) is 10.2 Å². The Labute approximate surface area is 117 Å². The van der Waals surface area contributed by atoms with Crippen LogP contribution in [0.15, 0.2) is 35.1 Å².